The molecule has 0 radical (unpaired) electrons. The van der Waals surface area contributed by atoms with E-state index >= 15 is 0 Å². The Bertz CT molecular complexity index is 1070. The molecule has 1 saturated heterocycles. The standard InChI is InChI=1S/C31H45IN2O8/c1-4-6-8-14-31(15-9-7-5-2)41-25-19-22(28(37)34-26(20(3)36)29(38)33-16-17-35)18-24(27(25)42-31)40-30(39)21-10-12-23(32)13-11-21/h10-13,19-20,24-27,35-36H,4-9,14-18H2,1-3H3,(H,33,38)(H,34,37)/t20-,24+,25+,26+,27-/m0/s1. The van der Waals surface area contributed by atoms with E-state index in [1.54, 1.807) is 18.2 Å². The summed E-state index contributed by atoms with van der Waals surface area (Å²) in [6.07, 6.45) is 5.92. The van der Waals surface area contributed by atoms with Crippen molar-refractivity contribution >= 4 is 40.4 Å². The molecule has 0 saturated carbocycles. The van der Waals surface area contributed by atoms with Crippen molar-refractivity contribution in [2.45, 2.75) is 115 Å². The van der Waals surface area contributed by atoms with Crippen LogP contribution in [0.3, 0.4) is 0 Å². The fourth-order valence-corrected chi connectivity index (χ4v) is 5.68. The third kappa shape index (κ3) is 9.47. The summed E-state index contributed by atoms with van der Waals surface area (Å²) in [5.74, 6) is -2.57. The molecular weight excluding hydrogens is 655 g/mol. The molecular formula is C31H45IN2O8. The number of amides is 2. The second-order valence-electron chi connectivity index (χ2n) is 11.0. The number of esters is 1. The van der Waals surface area contributed by atoms with Crippen LogP contribution in [0, 0.1) is 3.57 Å². The highest BCUT2D eigenvalue weighted by atomic mass is 127. The van der Waals surface area contributed by atoms with Crippen molar-refractivity contribution in [1.29, 1.82) is 0 Å². The van der Waals surface area contributed by atoms with Gasteiger partial charge in [-0.15, -0.1) is 0 Å². The van der Waals surface area contributed by atoms with Gasteiger partial charge in [0.2, 0.25) is 11.8 Å². The molecule has 1 aliphatic heterocycles. The number of rotatable bonds is 16. The van der Waals surface area contributed by atoms with Crippen molar-refractivity contribution < 1.29 is 38.8 Å². The summed E-state index contributed by atoms with van der Waals surface area (Å²) >= 11 is 2.16. The Morgan fingerprint density at radius 1 is 1.07 bits per heavy atom. The van der Waals surface area contributed by atoms with E-state index in [9.17, 15) is 19.5 Å². The highest BCUT2D eigenvalue weighted by molar-refractivity contribution is 14.1. The maximum atomic E-state index is 13.4. The van der Waals surface area contributed by atoms with Gasteiger partial charge in [-0.3, -0.25) is 9.59 Å². The molecule has 0 aromatic heterocycles. The summed E-state index contributed by atoms with van der Waals surface area (Å²) in [6, 6.07) is 5.78. The van der Waals surface area contributed by atoms with Crippen molar-refractivity contribution in [3.63, 3.8) is 0 Å². The van der Waals surface area contributed by atoms with E-state index in [0.717, 1.165) is 42.1 Å². The minimum Gasteiger partial charge on any atom is -0.456 e. The predicted molar refractivity (Wildman–Crippen MR) is 166 cm³/mol. The molecule has 11 heteroatoms. The van der Waals surface area contributed by atoms with Crippen LogP contribution in [-0.4, -0.2) is 77.4 Å². The van der Waals surface area contributed by atoms with E-state index in [4.69, 9.17) is 19.3 Å². The average molecular weight is 701 g/mol. The van der Waals surface area contributed by atoms with Crippen LogP contribution in [0.2, 0.25) is 0 Å². The SMILES string of the molecule is CCCCCC1(CCCCC)O[C@@H]2[C@@H](C=C(C(=O)N[C@@H](C(=O)NCCO)[C@H](C)O)C[C@H]2OC(=O)c2ccc(I)cc2)O1. The summed E-state index contributed by atoms with van der Waals surface area (Å²) in [5, 5.41) is 24.3. The molecule has 42 heavy (non-hydrogen) atoms. The minimum absolute atomic E-state index is 0.00966. The Morgan fingerprint density at radius 2 is 1.71 bits per heavy atom. The topological polar surface area (TPSA) is 143 Å². The molecule has 5 atom stereocenters. The Balaban J connectivity index is 1.88. The van der Waals surface area contributed by atoms with Crippen molar-refractivity contribution in [2.24, 2.45) is 0 Å². The number of unbranched alkanes of at least 4 members (excludes halogenated alkanes) is 4. The zero-order chi connectivity index (χ0) is 30.7. The van der Waals surface area contributed by atoms with Crippen LogP contribution < -0.4 is 10.6 Å². The fourth-order valence-electron chi connectivity index (χ4n) is 5.32. The van der Waals surface area contributed by atoms with Gasteiger partial charge in [-0.2, -0.15) is 0 Å². The van der Waals surface area contributed by atoms with Crippen LogP contribution in [0.5, 0.6) is 0 Å². The van der Waals surface area contributed by atoms with Gasteiger partial charge in [-0.05, 0) is 72.7 Å². The number of carbonyl (C=O) groups excluding carboxylic acids is 3. The number of carbonyl (C=O) groups is 3. The molecule has 1 heterocycles. The number of nitrogens with one attached hydrogen (secondary N) is 2. The third-order valence-corrected chi connectivity index (χ3v) is 8.31. The highest BCUT2D eigenvalue weighted by Crippen LogP contribution is 2.43. The zero-order valence-electron chi connectivity index (χ0n) is 24.8. The minimum atomic E-state index is -1.24. The maximum Gasteiger partial charge on any atom is 0.338 e. The van der Waals surface area contributed by atoms with Gasteiger partial charge in [0.15, 0.2) is 5.79 Å². The van der Waals surface area contributed by atoms with Crippen molar-refractivity contribution in [2.75, 3.05) is 13.2 Å². The van der Waals surface area contributed by atoms with Crippen molar-refractivity contribution in [3.05, 3.63) is 45.0 Å². The van der Waals surface area contributed by atoms with Crippen molar-refractivity contribution in [1.82, 2.24) is 10.6 Å². The predicted octanol–water partition coefficient (Wildman–Crippen LogP) is 3.76. The molecule has 0 spiro atoms. The lowest BCUT2D eigenvalue weighted by molar-refractivity contribution is -0.190. The average Bonchev–Trinajstić information content (AvgIpc) is 3.33. The Kier molecular flexibility index (Phi) is 13.7. The smallest absolute Gasteiger partial charge is 0.338 e. The number of aliphatic hydroxyl groups excluding tert-OH is 2. The number of ether oxygens (including phenoxy) is 3. The van der Waals surface area contributed by atoms with Gasteiger partial charge in [0.05, 0.1) is 18.3 Å². The second-order valence-corrected chi connectivity index (χ2v) is 12.3. The molecule has 2 amide bonds. The van der Waals surface area contributed by atoms with E-state index in [0.29, 0.717) is 18.4 Å². The van der Waals surface area contributed by atoms with Gasteiger partial charge in [0.25, 0.3) is 0 Å². The normalized spacial score (nSPS) is 22.4. The van der Waals surface area contributed by atoms with Gasteiger partial charge in [0, 0.05) is 35.0 Å². The number of hydrogen-bond donors (Lipinski definition) is 4. The van der Waals surface area contributed by atoms with E-state index in [-0.39, 0.29) is 25.1 Å². The quantitative estimate of drug-likeness (QED) is 0.116. The molecule has 0 unspecified atom stereocenters. The maximum absolute atomic E-state index is 13.4. The summed E-state index contributed by atoms with van der Waals surface area (Å²) in [7, 11) is 0. The monoisotopic (exact) mass is 700 g/mol. The Morgan fingerprint density at radius 3 is 2.29 bits per heavy atom. The lowest BCUT2D eigenvalue weighted by Crippen LogP contribution is -2.54. The van der Waals surface area contributed by atoms with Gasteiger partial charge in [0.1, 0.15) is 24.4 Å². The Hall–Kier alpha value is -2.06. The Labute approximate surface area is 262 Å². The molecule has 10 nitrogen and oxygen atoms in total. The molecule has 1 aromatic carbocycles. The lowest BCUT2D eigenvalue weighted by Gasteiger charge is -2.31. The molecule has 3 rings (SSSR count). The first-order chi connectivity index (χ1) is 20.1. The van der Waals surface area contributed by atoms with Crippen LogP contribution in [0.25, 0.3) is 0 Å². The van der Waals surface area contributed by atoms with E-state index in [2.05, 4.69) is 47.1 Å². The summed E-state index contributed by atoms with van der Waals surface area (Å²) < 4.78 is 20.2. The van der Waals surface area contributed by atoms with Gasteiger partial charge in [-0.25, -0.2) is 4.79 Å². The molecule has 234 valence electrons. The summed E-state index contributed by atoms with van der Waals surface area (Å²) in [4.78, 5) is 39.2. The highest BCUT2D eigenvalue weighted by Gasteiger charge is 2.52. The number of hydrogen-bond acceptors (Lipinski definition) is 8. The molecule has 1 aromatic rings. The number of fused-ring (bicyclic) bond motifs is 1. The van der Waals surface area contributed by atoms with Gasteiger partial charge >= 0.3 is 5.97 Å². The van der Waals surface area contributed by atoms with E-state index in [1.807, 2.05) is 12.1 Å². The molecule has 1 fully saturated rings. The van der Waals surface area contributed by atoms with E-state index in [1.165, 1.54) is 6.92 Å². The lowest BCUT2D eigenvalue weighted by atomic mass is 9.91. The third-order valence-electron chi connectivity index (χ3n) is 7.59. The first-order valence-electron chi connectivity index (χ1n) is 15.0. The summed E-state index contributed by atoms with van der Waals surface area (Å²) in [5.41, 5.74) is 0.664. The van der Waals surface area contributed by atoms with Crippen LogP contribution in [0.1, 0.15) is 88.9 Å². The fraction of sp³-hybridized carbons (Fsp3) is 0.645. The van der Waals surface area contributed by atoms with Crippen LogP contribution >= 0.6 is 22.6 Å². The number of benzene rings is 1. The molecule has 2 aliphatic rings. The van der Waals surface area contributed by atoms with Gasteiger partial charge < -0.3 is 35.1 Å². The molecule has 1 aliphatic carbocycles. The van der Waals surface area contributed by atoms with Crippen LogP contribution in [0.4, 0.5) is 0 Å². The van der Waals surface area contributed by atoms with Crippen LogP contribution in [0.15, 0.2) is 35.9 Å². The number of halogens is 1. The van der Waals surface area contributed by atoms with Crippen molar-refractivity contribution in [3.8, 4) is 0 Å². The van der Waals surface area contributed by atoms with Gasteiger partial charge in [-0.1, -0.05) is 39.5 Å². The molecule has 4 N–H and O–H groups in total. The second kappa shape index (κ2) is 16.7. The van der Waals surface area contributed by atoms with Crippen LogP contribution in [-0.2, 0) is 23.8 Å². The van der Waals surface area contributed by atoms with E-state index < -0.39 is 54.0 Å². The number of aliphatic hydroxyl groups is 2. The largest absolute Gasteiger partial charge is 0.456 e. The zero-order valence-corrected chi connectivity index (χ0v) is 26.9. The summed E-state index contributed by atoms with van der Waals surface area (Å²) in [6.45, 7) is 5.39. The first-order valence-corrected chi connectivity index (χ1v) is 16.1. The first kappa shape index (κ1) is 34.4. The molecule has 0 bridgehead atoms.